The van der Waals surface area contributed by atoms with Crippen molar-refractivity contribution in [2.24, 2.45) is 11.8 Å². The highest BCUT2D eigenvalue weighted by Gasteiger charge is 2.44. The maximum Gasteiger partial charge on any atom is 0.338 e. The number of piperidine rings is 3. The molecule has 0 saturated carbocycles. The van der Waals surface area contributed by atoms with Crippen LogP contribution in [0, 0.1) is 11.8 Å². The fourth-order valence-corrected chi connectivity index (χ4v) is 5.72. The maximum absolute atomic E-state index is 13.2. The molecule has 3 aromatic rings. The molecule has 3 aliphatic heterocycles. The molecule has 6 heteroatoms. The summed E-state index contributed by atoms with van der Waals surface area (Å²) < 4.78 is 11.8. The summed E-state index contributed by atoms with van der Waals surface area (Å²) in [6, 6.07) is 14.9. The minimum atomic E-state index is -0.397. The molecule has 2 bridgehead atoms. The number of methoxy groups -OCH3 is 1. The molecule has 0 radical (unpaired) electrons. The van der Waals surface area contributed by atoms with Gasteiger partial charge in [0.15, 0.2) is 0 Å². The van der Waals surface area contributed by atoms with E-state index in [1.807, 2.05) is 24.3 Å². The molecule has 2 aromatic carbocycles. The topological polar surface area (TPSA) is 51.7 Å². The van der Waals surface area contributed by atoms with E-state index in [1.165, 1.54) is 12.8 Å². The molecule has 4 heterocycles. The molecule has 5 nitrogen and oxygen atoms in total. The van der Waals surface area contributed by atoms with Gasteiger partial charge in [-0.25, -0.2) is 4.79 Å². The van der Waals surface area contributed by atoms with E-state index in [0.29, 0.717) is 16.5 Å². The Labute approximate surface area is 199 Å². The van der Waals surface area contributed by atoms with Crippen molar-refractivity contribution in [2.45, 2.75) is 38.3 Å². The number of benzene rings is 2. The lowest BCUT2D eigenvalue weighted by molar-refractivity contribution is -0.0659. The average molecular weight is 465 g/mol. The van der Waals surface area contributed by atoms with Gasteiger partial charge in [-0.1, -0.05) is 24.9 Å². The van der Waals surface area contributed by atoms with Crippen LogP contribution in [0.4, 0.5) is 0 Å². The van der Waals surface area contributed by atoms with Gasteiger partial charge in [-0.2, -0.15) is 0 Å². The highest BCUT2D eigenvalue weighted by Crippen LogP contribution is 2.44. The minimum Gasteiger partial charge on any atom is -0.497 e. The maximum atomic E-state index is 13.2. The van der Waals surface area contributed by atoms with E-state index in [1.54, 1.807) is 37.6 Å². The Morgan fingerprint density at radius 1 is 1.21 bits per heavy atom. The Morgan fingerprint density at radius 3 is 2.73 bits per heavy atom. The third kappa shape index (κ3) is 4.32. The first-order chi connectivity index (χ1) is 16.1. The number of carbonyl (C=O) groups excluding carboxylic acids is 1. The van der Waals surface area contributed by atoms with Gasteiger partial charge in [-0.15, -0.1) is 0 Å². The van der Waals surface area contributed by atoms with E-state index >= 15 is 0 Å². The van der Waals surface area contributed by atoms with Crippen LogP contribution in [-0.2, 0) is 4.74 Å². The van der Waals surface area contributed by atoms with Gasteiger partial charge in [-0.3, -0.25) is 9.88 Å². The molecule has 1 aromatic heterocycles. The zero-order valence-corrected chi connectivity index (χ0v) is 19.8. The van der Waals surface area contributed by atoms with Crippen LogP contribution in [0.5, 0.6) is 5.75 Å². The molecule has 3 aliphatic rings. The quantitative estimate of drug-likeness (QED) is 0.424. The number of fused-ring (bicyclic) bond motifs is 4. The Morgan fingerprint density at radius 2 is 2.03 bits per heavy atom. The van der Waals surface area contributed by atoms with Crippen molar-refractivity contribution in [3.8, 4) is 5.75 Å². The lowest BCUT2D eigenvalue weighted by atomic mass is 9.72. The number of rotatable bonds is 6. The van der Waals surface area contributed by atoms with Crippen molar-refractivity contribution in [1.29, 1.82) is 0 Å². The van der Waals surface area contributed by atoms with Crippen LogP contribution in [0.2, 0.25) is 5.02 Å². The predicted molar refractivity (Wildman–Crippen MR) is 130 cm³/mol. The highest BCUT2D eigenvalue weighted by molar-refractivity contribution is 6.30. The highest BCUT2D eigenvalue weighted by atomic mass is 35.5. The first kappa shape index (κ1) is 22.2. The Balaban J connectivity index is 1.55. The molecule has 0 spiro atoms. The number of aromatic nitrogens is 1. The molecule has 0 aliphatic carbocycles. The van der Waals surface area contributed by atoms with E-state index in [9.17, 15) is 4.79 Å². The third-order valence-electron chi connectivity index (χ3n) is 7.41. The fourth-order valence-electron chi connectivity index (χ4n) is 5.60. The zero-order valence-electron chi connectivity index (χ0n) is 19.0. The van der Waals surface area contributed by atoms with Gasteiger partial charge in [0.1, 0.15) is 11.9 Å². The number of pyridine rings is 1. The van der Waals surface area contributed by atoms with E-state index in [2.05, 4.69) is 16.8 Å². The van der Waals surface area contributed by atoms with Crippen LogP contribution < -0.4 is 4.74 Å². The molecule has 3 unspecified atom stereocenters. The average Bonchev–Trinajstić information content (AvgIpc) is 2.87. The molecule has 33 heavy (non-hydrogen) atoms. The van der Waals surface area contributed by atoms with Crippen LogP contribution >= 0.6 is 11.6 Å². The second-order valence-corrected chi connectivity index (χ2v) is 9.57. The summed E-state index contributed by atoms with van der Waals surface area (Å²) in [6.45, 7) is 4.39. The summed E-state index contributed by atoms with van der Waals surface area (Å²) in [5.74, 6) is 1.82. The van der Waals surface area contributed by atoms with Crippen LogP contribution in [0.3, 0.4) is 0 Å². The van der Waals surface area contributed by atoms with Gasteiger partial charge in [0.05, 0.1) is 24.2 Å². The molecular formula is C27H29ClN2O3. The number of hydrogen-bond acceptors (Lipinski definition) is 5. The van der Waals surface area contributed by atoms with E-state index in [0.717, 1.165) is 47.6 Å². The van der Waals surface area contributed by atoms with Crippen LogP contribution in [0.1, 0.15) is 48.2 Å². The van der Waals surface area contributed by atoms with Gasteiger partial charge in [0, 0.05) is 28.7 Å². The Bertz CT molecular complexity index is 1150. The van der Waals surface area contributed by atoms with Crippen molar-refractivity contribution in [2.75, 3.05) is 20.2 Å². The number of carbonyl (C=O) groups is 1. The molecule has 0 amide bonds. The normalized spacial score (nSPS) is 25.1. The number of ether oxygens (including phenoxy) is 2. The van der Waals surface area contributed by atoms with Crippen molar-refractivity contribution in [1.82, 2.24) is 9.88 Å². The third-order valence-corrected chi connectivity index (χ3v) is 7.66. The van der Waals surface area contributed by atoms with Crippen LogP contribution in [-0.4, -0.2) is 42.1 Å². The number of hydrogen-bond donors (Lipinski definition) is 0. The van der Waals surface area contributed by atoms with Gasteiger partial charge >= 0.3 is 5.97 Å². The standard InChI is InChI=1S/C27H29ClN2O3/c1-3-17-16-30-13-11-19(17)14-25(30)26(33-27(31)18-4-6-20(28)7-5-18)22-10-12-29-24-9-8-21(32-2)15-23(22)24/h4-10,12,15,17,19,25-26H,3,11,13-14,16H2,1-2H3/t17-,19?,25?,26-/m0/s1. The summed E-state index contributed by atoms with van der Waals surface area (Å²) in [7, 11) is 1.66. The van der Waals surface area contributed by atoms with E-state index in [-0.39, 0.29) is 12.0 Å². The number of nitrogens with zero attached hydrogens (tertiary/aromatic N) is 2. The predicted octanol–water partition coefficient (Wildman–Crippen LogP) is 5.92. The van der Waals surface area contributed by atoms with Crippen LogP contribution in [0.25, 0.3) is 10.9 Å². The number of halogens is 1. The van der Waals surface area contributed by atoms with Gasteiger partial charge in [0.2, 0.25) is 0 Å². The second kappa shape index (κ2) is 9.32. The van der Waals surface area contributed by atoms with Gasteiger partial charge in [0.25, 0.3) is 0 Å². The Kier molecular flexibility index (Phi) is 6.26. The lowest BCUT2D eigenvalue weighted by Gasteiger charge is -2.51. The second-order valence-electron chi connectivity index (χ2n) is 9.13. The fraction of sp³-hybridized carbons (Fsp3) is 0.407. The monoisotopic (exact) mass is 464 g/mol. The van der Waals surface area contributed by atoms with Crippen LogP contribution in [0.15, 0.2) is 54.7 Å². The van der Waals surface area contributed by atoms with E-state index in [4.69, 9.17) is 21.1 Å². The molecular weight excluding hydrogens is 436 g/mol. The SMILES string of the molecule is CC[C@H]1CN2CCC1CC2[C@@H](OC(=O)c1ccc(Cl)cc1)c1ccnc2ccc(OC)cc12. The summed E-state index contributed by atoms with van der Waals surface area (Å²) in [5, 5.41) is 1.55. The smallest absolute Gasteiger partial charge is 0.338 e. The van der Waals surface area contributed by atoms with E-state index < -0.39 is 6.10 Å². The zero-order chi connectivity index (χ0) is 22.9. The summed E-state index contributed by atoms with van der Waals surface area (Å²) in [4.78, 5) is 20.3. The largest absolute Gasteiger partial charge is 0.497 e. The summed E-state index contributed by atoms with van der Waals surface area (Å²) in [6.07, 6.45) is 4.85. The first-order valence-electron chi connectivity index (χ1n) is 11.7. The summed E-state index contributed by atoms with van der Waals surface area (Å²) in [5.41, 5.74) is 2.35. The van der Waals surface area contributed by atoms with Crippen molar-refractivity contribution in [3.05, 3.63) is 70.9 Å². The van der Waals surface area contributed by atoms with Crippen molar-refractivity contribution < 1.29 is 14.3 Å². The minimum absolute atomic E-state index is 0.139. The van der Waals surface area contributed by atoms with Crippen molar-refractivity contribution >= 4 is 28.5 Å². The molecule has 6 rings (SSSR count). The van der Waals surface area contributed by atoms with Gasteiger partial charge < -0.3 is 9.47 Å². The summed E-state index contributed by atoms with van der Waals surface area (Å²) >= 11 is 6.03. The van der Waals surface area contributed by atoms with Crippen molar-refractivity contribution in [3.63, 3.8) is 0 Å². The Hall–Kier alpha value is -2.63. The molecule has 5 atom stereocenters. The lowest BCUT2D eigenvalue weighted by Crippen LogP contribution is -2.55. The molecule has 0 N–H and O–H groups in total. The molecule has 3 fully saturated rings. The van der Waals surface area contributed by atoms with Gasteiger partial charge in [-0.05, 0) is 79.8 Å². The molecule has 3 saturated heterocycles. The molecule has 172 valence electrons. The first-order valence-corrected chi connectivity index (χ1v) is 12.1. The number of esters is 1.